The van der Waals surface area contributed by atoms with Crippen molar-refractivity contribution >= 4 is 22.8 Å². The number of nitrogens with one attached hydrogen (secondary N) is 2. The molecule has 0 spiro atoms. The Labute approximate surface area is 130 Å². The van der Waals surface area contributed by atoms with Gasteiger partial charge in [0.15, 0.2) is 0 Å². The SMILES string of the molecule is C[C@H](NC(=O)CCCn1c(=O)[nH]c2ccccc2c1=O)C(=O)[O-]. The van der Waals surface area contributed by atoms with Crippen molar-refractivity contribution in [1.29, 1.82) is 0 Å². The molecule has 0 fully saturated rings. The van der Waals surface area contributed by atoms with Crippen LogP contribution in [0.3, 0.4) is 0 Å². The molecule has 2 aromatic rings. The average Bonchev–Trinajstić information content (AvgIpc) is 2.50. The lowest BCUT2D eigenvalue weighted by Crippen LogP contribution is -2.46. The minimum absolute atomic E-state index is 0.00364. The normalized spacial score (nSPS) is 12.0. The van der Waals surface area contributed by atoms with Gasteiger partial charge < -0.3 is 20.2 Å². The van der Waals surface area contributed by atoms with Gasteiger partial charge in [-0.1, -0.05) is 12.1 Å². The van der Waals surface area contributed by atoms with Crippen LogP contribution < -0.4 is 21.7 Å². The Morgan fingerprint density at radius 1 is 1.30 bits per heavy atom. The Kier molecular flexibility index (Phi) is 4.95. The second kappa shape index (κ2) is 6.91. The molecule has 0 saturated carbocycles. The van der Waals surface area contributed by atoms with Crippen molar-refractivity contribution in [2.75, 3.05) is 0 Å². The average molecular weight is 318 g/mol. The lowest BCUT2D eigenvalue weighted by molar-refractivity contribution is -0.307. The standard InChI is InChI=1S/C15H17N3O5/c1-9(14(21)22)16-12(19)7-4-8-18-13(20)10-5-2-3-6-11(10)17-15(18)23/h2-3,5-6,9H,4,7-8H2,1H3,(H,16,19)(H,17,23)(H,21,22)/p-1/t9-/m0/s1. The molecule has 0 aliphatic carbocycles. The summed E-state index contributed by atoms with van der Waals surface area (Å²) in [6, 6.07) is 5.57. The lowest BCUT2D eigenvalue weighted by Gasteiger charge is -2.14. The highest BCUT2D eigenvalue weighted by Gasteiger charge is 2.10. The van der Waals surface area contributed by atoms with E-state index in [-0.39, 0.29) is 19.4 Å². The van der Waals surface area contributed by atoms with Gasteiger partial charge in [-0.05, 0) is 25.5 Å². The minimum Gasteiger partial charge on any atom is -0.548 e. The summed E-state index contributed by atoms with van der Waals surface area (Å²) < 4.78 is 1.03. The summed E-state index contributed by atoms with van der Waals surface area (Å²) >= 11 is 0. The maximum absolute atomic E-state index is 12.2. The van der Waals surface area contributed by atoms with Gasteiger partial charge in [0, 0.05) is 13.0 Å². The number of aromatic nitrogens is 2. The van der Waals surface area contributed by atoms with Crippen LogP contribution in [0.25, 0.3) is 10.9 Å². The van der Waals surface area contributed by atoms with Crippen LogP contribution in [0.15, 0.2) is 33.9 Å². The summed E-state index contributed by atoms with van der Waals surface area (Å²) in [5, 5.41) is 13.2. The van der Waals surface area contributed by atoms with E-state index in [1.807, 2.05) is 0 Å². The van der Waals surface area contributed by atoms with E-state index in [1.165, 1.54) is 6.92 Å². The Morgan fingerprint density at radius 2 is 2.00 bits per heavy atom. The van der Waals surface area contributed by atoms with E-state index in [2.05, 4.69) is 10.3 Å². The number of nitrogens with zero attached hydrogens (tertiary/aromatic N) is 1. The minimum atomic E-state index is -1.37. The van der Waals surface area contributed by atoms with E-state index in [4.69, 9.17) is 0 Å². The number of amides is 1. The van der Waals surface area contributed by atoms with Crippen LogP contribution in [0.2, 0.25) is 0 Å². The fraction of sp³-hybridized carbons (Fsp3) is 0.333. The fourth-order valence-electron chi connectivity index (χ4n) is 2.17. The maximum Gasteiger partial charge on any atom is 0.328 e. The van der Waals surface area contributed by atoms with Crippen LogP contribution in [0, 0.1) is 0 Å². The summed E-state index contributed by atoms with van der Waals surface area (Å²) in [5.41, 5.74) is -0.510. The molecule has 1 heterocycles. The van der Waals surface area contributed by atoms with Crippen molar-refractivity contribution < 1.29 is 14.7 Å². The molecule has 2 N–H and O–H groups in total. The number of para-hydroxylation sites is 1. The first-order valence-electron chi connectivity index (χ1n) is 7.12. The van der Waals surface area contributed by atoms with E-state index in [0.717, 1.165) is 4.57 Å². The molecule has 0 bridgehead atoms. The molecule has 0 aliphatic heterocycles. The third-order valence-electron chi connectivity index (χ3n) is 3.41. The highest BCUT2D eigenvalue weighted by molar-refractivity contribution is 5.82. The molecule has 1 amide bonds. The number of fused-ring (bicyclic) bond motifs is 1. The van der Waals surface area contributed by atoms with E-state index < -0.39 is 29.2 Å². The second-order valence-electron chi connectivity index (χ2n) is 5.14. The van der Waals surface area contributed by atoms with Gasteiger partial charge in [-0.3, -0.25) is 14.2 Å². The molecular weight excluding hydrogens is 302 g/mol. The summed E-state index contributed by atoms with van der Waals surface area (Å²) in [5.74, 6) is -1.85. The van der Waals surface area contributed by atoms with Crippen LogP contribution in [0.1, 0.15) is 19.8 Å². The number of carbonyl (C=O) groups excluding carboxylic acids is 2. The molecule has 2 rings (SSSR count). The fourth-order valence-corrected chi connectivity index (χ4v) is 2.17. The molecular formula is C15H16N3O5-. The van der Waals surface area contributed by atoms with Crippen molar-refractivity contribution in [1.82, 2.24) is 14.9 Å². The van der Waals surface area contributed by atoms with Gasteiger partial charge in [-0.15, -0.1) is 0 Å². The first-order valence-corrected chi connectivity index (χ1v) is 7.12. The molecule has 0 saturated heterocycles. The smallest absolute Gasteiger partial charge is 0.328 e. The Hall–Kier alpha value is -2.90. The number of aliphatic carboxylic acids is 1. The first-order chi connectivity index (χ1) is 10.9. The van der Waals surface area contributed by atoms with Crippen LogP contribution >= 0.6 is 0 Å². The highest BCUT2D eigenvalue weighted by atomic mass is 16.4. The van der Waals surface area contributed by atoms with Gasteiger partial charge in [0.05, 0.1) is 22.9 Å². The first kappa shape index (κ1) is 16.5. The Morgan fingerprint density at radius 3 is 2.70 bits per heavy atom. The number of carbonyl (C=O) groups is 2. The molecule has 8 nitrogen and oxygen atoms in total. The molecule has 1 aromatic heterocycles. The molecule has 8 heteroatoms. The van der Waals surface area contributed by atoms with Crippen LogP contribution in [-0.4, -0.2) is 27.5 Å². The molecule has 0 aliphatic rings. The third-order valence-corrected chi connectivity index (χ3v) is 3.41. The molecule has 122 valence electrons. The predicted octanol–water partition coefficient (Wildman–Crippen LogP) is -1.28. The zero-order chi connectivity index (χ0) is 17.0. The van der Waals surface area contributed by atoms with Crippen molar-refractivity contribution in [2.24, 2.45) is 0 Å². The van der Waals surface area contributed by atoms with E-state index in [1.54, 1.807) is 24.3 Å². The van der Waals surface area contributed by atoms with Crippen LogP contribution in [0.4, 0.5) is 0 Å². The van der Waals surface area contributed by atoms with Gasteiger partial charge in [0.25, 0.3) is 5.56 Å². The van der Waals surface area contributed by atoms with Gasteiger partial charge in [-0.25, -0.2) is 4.79 Å². The number of carboxylic acid groups (broad SMARTS) is 1. The number of rotatable bonds is 6. The van der Waals surface area contributed by atoms with Crippen molar-refractivity contribution in [3.8, 4) is 0 Å². The van der Waals surface area contributed by atoms with E-state index in [0.29, 0.717) is 10.9 Å². The number of hydrogen-bond acceptors (Lipinski definition) is 5. The number of benzene rings is 1. The topological polar surface area (TPSA) is 124 Å². The second-order valence-corrected chi connectivity index (χ2v) is 5.14. The van der Waals surface area contributed by atoms with Crippen LogP contribution in [0.5, 0.6) is 0 Å². The van der Waals surface area contributed by atoms with Gasteiger partial charge in [0.1, 0.15) is 0 Å². The quantitative estimate of drug-likeness (QED) is 0.687. The van der Waals surface area contributed by atoms with E-state index >= 15 is 0 Å². The lowest BCUT2D eigenvalue weighted by atomic mass is 10.2. The molecule has 23 heavy (non-hydrogen) atoms. The predicted molar refractivity (Wildman–Crippen MR) is 80.7 cm³/mol. The zero-order valence-electron chi connectivity index (χ0n) is 12.5. The Balaban J connectivity index is 2.06. The number of aromatic amines is 1. The summed E-state index contributed by atoms with van der Waals surface area (Å²) in [7, 11) is 0. The van der Waals surface area contributed by atoms with Crippen LogP contribution in [-0.2, 0) is 16.1 Å². The summed E-state index contributed by atoms with van der Waals surface area (Å²) in [4.78, 5) is 48.9. The monoisotopic (exact) mass is 318 g/mol. The molecule has 0 radical (unpaired) electrons. The van der Waals surface area contributed by atoms with Gasteiger partial charge in [0.2, 0.25) is 5.91 Å². The van der Waals surface area contributed by atoms with Crippen molar-refractivity contribution in [3.05, 3.63) is 45.1 Å². The maximum atomic E-state index is 12.2. The molecule has 0 unspecified atom stereocenters. The number of H-pyrrole nitrogens is 1. The number of carboxylic acids is 1. The third kappa shape index (κ3) is 3.85. The summed E-state index contributed by atoms with van der Waals surface area (Å²) in [6.07, 6.45) is 0.225. The van der Waals surface area contributed by atoms with Gasteiger partial charge in [-0.2, -0.15) is 0 Å². The van der Waals surface area contributed by atoms with Crippen molar-refractivity contribution in [3.63, 3.8) is 0 Å². The van der Waals surface area contributed by atoms with Crippen molar-refractivity contribution in [2.45, 2.75) is 32.4 Å². The largest absolute Gasteiger partial charge is 0.548 e. The zero-order valence-corrected chi connectivity index (χ0v) is 12.5. The highest BCUT2D eigenvalue weighted by Crippen LogP contribution is 2.03. The molecule has 1 aromatic carbocycles. The number of hydrogen-bond donors (Lipinski definition) is 2. The summed E-state index contributed by atoms with van der Waals surface area (Å²) in [6.45, 7) is 1.36. The van der Waals surface area contributed by atoms with Gasteiger partial charge >= 0.3 is 5.69 Å². The van der Waals surface area contributed by atoms with E-state index in [9.17, 15) is 24.3 Å². The Bertz CT molecular complexity index is 852. The molecule has 1 atom stereocenters.